The highest BCUT2D eigenvalue weighted by molar-refractivity contribution is 7.82. The minimum absolute atomic E-state index is 0. The highest BCUT2D eigenvalue weighted by atomic mass is 35.5. The summed E-state index contributed by atoms with van der Waals surface area (Å²) in [5, 5.41) is 1.44. The zero-order chi connectivity index (χ0) is 21.9. The normalized spacial score (nSPS) is 11.9. The van der Waals surface area contributed by atoms with Gasteiger partial charge in [0.2, 0.25) is 0 Å². The summed E-state index contributed by atoms with van der Waals surface area (Å²) in [5.41, 5.74) is 0.493. The van der Waals surface area contributed by atoms with Crippen LogP contribution in [0.4, 0.5) is 13.2 Å². The molecule has 0 aliphatic carbocycles. The van der Waals surface area contributed by atoms with Gasteiger partial charge in [0, 0.05) is 0 Å². The molecule has 0 amide bonds. The summed E-state index contributed by atoms with van der Waals surface area (Å²) < 4.78 is 39.0. The van der Waals surface area contributed by atoms with Crippen LogP contribution in [0.5, 0.6) is 0 Å². The molecule has 0 fully saturated rings. The fraction of sp³-hybridized carbons (Fsp3) is 0.538. The molecule has 0 aromatic heterocycles. The van der Waals surface area contributed by atoms with Gasteiger partial charge in [-0.2, -0.15) is 13.2 Å². The van der Waals surface area contributed by atoms with Crippen LogP contribution < -0.4 is 17.7 Å². The molecular formula is C26H37ClF3P. The van der Waals surface area contributed by atoms with Crippen LogP contribution in [-0.4, -0.2) is 12.3 Å². The van der Waals surface area contributed by atoms with E-state index in [1.165, 1.54) is 81.1 Å². The molecule has 174 valence electrons. The molecule has 0 saturated carbocycles. The Labute approximate surface area is 193 Å². The fourth-order valence-corrected chi connectivity index (χ4v) is 8.81. The quantitative estimate of drug-likeness (QED) is 0.258. The summed E-state index contributed by atoms with van der Waals surface area (Å²) in [6, 6.07) is 16.7. The van der Waals surface area contributed by atoms with Gasteiger partial charge in [0.25, 0.3) is 0 Å². The second-order valence-corrected chi connectivity index (χ2v) is 12.4. The largest absolute Gasteiger partial charge is 1.00 e. The Bertz CT molecular complexity index is 702. The predicted molar refractivity (Wildman–Crippen MR) is 126 cm³/mol. The van der Waals surface area contributed by atoms with E-state index in [0.717, 1.165) is 11.7 Å². The van der Waals surface area contributed by atoms with Crippen LogP contribution in [0, 0.1) is 0 Å². The highest BCUT2D eigenvalue weighted by Gasteiger charge is 2.39. The van der Waals surface area contributed by atoms with E-state index in [1.807, 2.05) is 0 Å². The minimum atomic E-state index is -4.27. The lowest BCUT2D eigenvalue weighted by Gasteiger charge is -2.28. The monoisotopic (exact) mass is 472 g/mol. The number of unbranched alkanes of at least 4 members (excludes halogenated alkanes) is 6. The zero-order valence-electron chi connectivity index (χ0n) is 18.9. The molecule has 0 heterocycles. The summed E-state index contributed by atoms with van der Waals surface area (Å²) in [6.45, 7) is 4.46. The van der Waals surface area contributed by atoms with E-state index in [2.05, 4.69) is 44.2 Å². The first-order chi connectivity index (χ1) is 14.4. The van der Waals surface area contributed by atoms with Crippen molar-refractivity contribution in [3.8, 4) is 0 Å². The van der Waals surface area contributed by atoms with E-state index >= 15 is 0 Å². The summed E-state index contributed by atoms with van der Waals surface area (Å²) >= 11 is 0. The standard InChI is InChI=1S/C26H37F3P.ClH/c1-3-5-7-12-20-30(21-13-8-6-4-2,25-14-10-9-11-15-25)22-23-16-18-24(19-17-23)26(27,28)29;/h9-11,14-19H,3-8,12-13,20-22H2,1-2H3;1H/q+1;/p-1. The van der Waals surface area contributed by atoms with Crippen LogP contribution in [0.1, 0.15) is 76.3 Å². The second kappa shape index (κ2) is 14.2. The molecule has 0 aliphatic heterocycles. The molecule has 0 bridgehead atoms. The molecule has 0 radical (unpaired) electrons. The SMILES string of the molecule is CCCCCC[P+](CCCCCC)(Cc1ccc(C(F)(F)F)cc1)c1ccccc1.[Cl-]. The van der Waals surface area contributed by atoms with Gasteiger partial charge in [-0.1, -0.05) is 69.9 Å². The van der Waals surface area contributed by atoms with Gasteiger partial charge >= 0.3 is 6.18 Å². The average Bonchev–Trinajstić information content (AvgIpc) is 2.74. The van der Waals surface area contributed by atoms with E-state index in [4.69, 9.17) is 0 Å². The van der Waals surface area contributed by atoms with Crippen molar-refractivity contribution < 1.29 is 25.6 Å². The van der Waals surface area contributed by atoms with Crippen molar-refractivity contribution in [1.82, 2.24) is 0 Å². The molecule has 2 rings (SSSR count). The fourth-order valence-electron chi connectivity index (χ4n) is 4.19. The third-order valence-electron chi connectivity index (χ3n) is 5.95. The maximum absolute atomic E-state index is 13.0. The van der Waals surface area contributed by atoms with Gasteiger partial charge in [0.15, 0.2) is 0 Å². The number of alkyl halides is 3. The van der Waals surface area contributed by atoms with Crippen molar-refractivity contribution >= 4 is 12.6 Å². The minimum Gasteiger partial charge on any atom is -1.00 e. The van der Waals surface area contributed by atoms with E-state index in [-0.39, 0.29) is 12.4 Å². The number of halogens is 4. The van der Waals surface area contributed by atoms with E-state index in [0.29, 0.717) is 0 Å². The van der Waals surface area contributed by atoms with Crippen LogP contribution >= 0.6 is 7.26 Å². The van der Waals surface area contributed by atoms with Crippen molar-refractivity contribution in [1.29, 1.82) is 0 Å². The predicted octanol–water partition coefficient (Wildman–Crippen LogP) is 5.71. The molecular weight excluding hydrogens is 436 g/mol. The summed E-state index contributed by atoms with van der Waals surface area (Å²) in [4.78, 5) is 0. The molecule has 0 unspecified atom stereocenters. The van der Waals surface area contributed by atoms with Gasteiger partial charge in [0.1, 0.15) is 0 Å². The van der Waals surface area contributed by atoms with Crippen molar-refractivity contribution in [3.05, 3.63) is 65.7 Å². The Kier molecular flexibility index (Phi) is 12.8. The van der Waals surface area contributed by atoms with E-state index in [1.54, 1.807) is 12.1 Å². The smallest absolute Gasteiger partial charge is 0.416 e. The lowest BCUT2D eigenvalue weighted by molar-refractivity contribution is -0.137. The van der Waals surface area contributed by atoms with Gasteiger partial charge < -0.3 is 12.4 Å². The molecule has 2 aromatic carbocycles. The number of hydrogen-bond donors (Lipinski definition) is 0. The van der Waals surface area contributed by atoms with Gasteiger partial charge in [-0.3, -0.25) is 0 Å². The van der Waals surface area contributed by atoms with Crippen molar-refractivity contribution in [2.24, 2.45) is 0 Å². The van der Waals surface area contributed by atoms with Gasteiger partial charge in [0.05, 0.1) is 36.6 Å². The number of benzene rings is 2. The molecule has 5 heteroatoms. The molecule has 0 atom stereocenters. The Morgan fingerprint density at radius 3 is 1.65 bits per heavy atom. The Balaban J connectivity index is 0.00000480. The first kappa shape index (κ1) is 28.0. The number of rotatable bonds is 13. The van der Waals surface area contributed by atoms with Gasteiger partial charge in [-0.25, -0.2) is 0 Å². The molecule has 0 aliphatic rings. The summed E-state index contributed by atoms with van der Waals surface area (Å²) in [7, 11) is -1.49. The number of hydrogen-bond acceptors (Lipinski definition) is 0. The van der Waals surface area contributed by atoms with Crippen LogP contribution in [0.25, 0.3) is 0 Å². The maximum Gasteiger partial charge on any atom is 0.416 e. The molecule has 31 heavy (non-hydrogen) atoms. The molecule has 2 aromatic rings. The van der Waals surface area contributed by atoms with Gasteiger partial charge in [-0.05, 0) is 55.5 Å². The lowest BCUT2D eigenvalue weighted by atomic mass is 10.1. The second-order valence-electron chi connectivity index (χ2n) is 8.40. The van der Waals surface area contributed by atoms with Gasteiger partial charge in [-0.15, -0.1) is 0 Å². The lowest BCUT2D eigenvalue weighted by Crippen LogP contribution is -3.00. The Morgan fingerprint density at radius 1 is 0.677 bits per heavy atom. The molecule has 0 saturated heterocycles. The van der Waals surface area contributed by atoms with E-state index in [9.17, 15) is 13.2 Å². The third kappa shape index (κ3) is 9.15. The summed E-state index contributed by atoms with van der Waals surface area (Å²) in [6.07, 6.45) is 8.89. The Morgan fingerprint density at radius 2 is 1.19 bits per heavy atom. The van der Waals surface area contributed by atoms with Crippen LogP contribution in [0.15, 0.2) is 54.6 Å². The highest BCUT2D eigenvalue weighted by Crippen LogP contribution is 2.61. The van der Waals surface area contributed by atoms with Crippen LogP contribution in [0.2, 0.25) is 0 Å². The maximum atomic E-state index is 13.0. The zero-order valence-corrected chi connectivity index (χ0v) is 20.6. The van der Waals surface area contributed by atoms with E-state index < -0.39 is 19.0 Å². The summed E-state index contributed by atoms with van der Waals surface area (Å²) in [5.74, 6) is 0. The van der Waals surface area contributed by atoms with Crippen molar-refractivity contribution in [3.63, 3.8) is 0 Å². The molecule has 0 nitrogen and oxygen atoms in total. The van der Waals surface area contributed by atoms with Crippen LogP contribution in [0.3, 0.4) is 0 Å². The molecule has 0 N–H and O–H groups in total. The average molecular weight is 473 g/mol. The topological polar surface area (TPSA) is 0 Å². The van der Waals surface area contributed by atoms with Crippen molar-refractivity contribution in [2.45, 2.75) is 77.6 Å². The third-order valence-corrected chi connectivity index (χ3v) is 10.7. The first-order valence-corrected chi connectivity index (χ1v) is 13.8. The Hall–Kier alpha value is -1.05. The van der Waals surface area contributed by atoms with Crippen LogP contribution in [-0.2, 0) is 12.3 Å². The van der Waals surface area contributed by atoms with Crippen molar-refractivity contribution in [2.75, 3.05) is 12.3 Å². The first-order valence-electron chi connectivity index (χ1n) is 11.5. The molecule has 0 spiro atoms.